The molecule has 0 saturated heterocycles. The molecule has 0 fully saturated rings. The molecule has 0 aliphatic carbocycles. The van der Waals surface area contributed by atoms with Gasteiger partial charge in [-0.2, -0.15) is 0 Å². The van der Waals surface area contributed by atoms with Gasteiger partial charge in [0.05, 0.1) is 19.1 Å². The predicted octanol–water partition coefficient (Wildman–Crippen LogP) is 9.32. The molecule has 242 valence electrons. The zero-order valence-electron chi connectivity index (χ0n) is 28.0. The minimum absolute atomic E-state index is 0.00158. The molecule has 7 heteroatoms. The van der Waals surface area contributed by atoms with E-state index in [-0.39, 0.29) is 28.9 Å². The van der Waals surface area contributed by atoms with Gasteiger partial charge in [-0.1, -0.05) is 138 Å². The Balaban J connectivity index is 2.45. The molecule has 0 saturated carbocycles. The van der Waals surface area contributed by atoms with E-state index >= 15 is 0 Å². The lowest BCUT2D eigenvalue weighted by Gasteiger charge is -2.44. The summed E-state index contributed by atoms with van der Waals surface area (Å²) in [4.78, 5) is 15.1. The van der Waals surface area contributed by atoms with Gasteiger partial charge in [-0.3, -0.25) is 4.79 Å². The summed E-state index contributed by atoms with van der Waals surface area (Å²) >= 11 is 0. The van der Waals surface area contributed by atoms with Crippen LogP contribution in [0.15, 0.2) is 109 Å². The van der Waals surface area contributed by atoms with Crippen LogP contribution in [0, 0.1) is 5.39 Å². The Morgan fingerprint density at radius 1 is 0.911 bits per heavy atom. The first-order valence-corrected chi connectivity index (χ1v) is 18.3. The van der Waals surface area contributed by atoms with Gasteiger partial charge in [-0.15, -0.1) is 0 Å². The molecule has 2 aromatic carbocycles. The van der Waals surface area contributed by atoms with Gasteiger partial charge in [0.1, 0.15) is 0 Å². The third-order valence-corrected chi connectivity index (χ3v) is 12.7. The number of allylic oxidation sites excluding steroid dienone is 5. The number of esters is 1. The summed E-state index contributed by atoms with van der Waals surface area (Å²) in [6.07, 6.45) is 18.1. The number of diazo groups is 1. The van der Waals surface area contributed by atoms with E-state index < -0.39 is 14.4 Å². The Labute approximate surface area is 272 Å². The normalized spacial score (nSPS) is 13.7. The number of unbranched alkanes of at least 4 members (excludes halogenated alkanes) is 4. The number of carbonyl (C=O) groups is 1. The van der Waals surface area contributed by atoms with Gasteiger partial charge in [0.25, 0.3) is 8.32 Å². The van der Waals surface area contributed by atoms with Crippen LogP contribution in [-0.2, 0) is 14.0 Å². The summed E-state index contributed by atoms with van der Waals surface area (Å²) in [6, 6.07) is 20.8. The number of aliphatic hydroxyl groups is 1. The van der Waals surface area contributed by atoms with Crippen LogP contribution in [0.25, 0.3) is 4.98 Å². The summed E-state index contributed by atoms with van der Waals surface area (Å²) < 4.78 is 12.3. The van der Waals surface area contributed by atoms with E-state index in [4.69, 9.17) is 9.16 Å². The minimum Gasteiger partial charge on any atom is -0.505 e. The summed E-state index contributed by atoms with van der Waals surface area (Å²) in [6.45, 7) is 11.0. The lowest BCUT2D eigenvalue weighted by Crippen LogP contribution is -2.67. The Kier molecular flexibility index (Phi) is 16.9. The highest BCUT2D eigenvalue weighted by Crippen LogP contribution is 2.38. The summed E-state index contributed by atoms with van der Waals surface area (Å²) in [5.74, 6) is -0.176. The van der Waals surface area contributed by atoms with Crippen molar-refractivity contribution in [2.24, 2.45) is 0 Å². The molecular weight excluding hydrogens is 577 g/mol. The van der Waals surface area contributed by atoms with Crippen LogP contribution in [0.3, 0.4) is 0 Å². The van der Waals surface area contributed by atoms with Gasteiger partial charge in [0.2, 0.25) is 5.39 Å². The lowest BCUT2D eigenvalue weighted by molar-refractivity contribution is -0.143. The van der Waals surface area contributed by atoms with Gasteiger partial charge in [0, 0.05) is 12.8 Å². The van der Waals surface area contributed by atoms with Gasteiger partial charge in [-0.05, 0) is 48.0 Å². The maximum absolute atomic E-state index is 11.6. The van der Waals surface area contributed by atoms with E-state index in [2.05, 4.69) is 63.0 Å². The zero-order chi connectivity index (χ0) is 33.0. The second-order valence-corrected chi connectivity index (χ2v) is 16.5. The maximum Gasteiger partial charge on any atom is 0.402 e. The largest absolute Gasteiger partial charge is 0.505 e. The van der Waals surface area contributed by atoms with Crippen molar-refractivity contribution in [3.8, 4) is 0 Å². The first kappa shape index (κ1) is 37.5. The van der Waals surface area contributed by atoms with Crippen LogP contribution < -0.4 is 10.4 Å². The SMILES string of the molecule is CCCCC/C=C\C/C([N+]#N)=C(/O)CC(/C=C/C=C\CCCC(=O)OCC)O[Si](c1ccccc1)(c1ccccc1)C(C)(C)C. The summed E-state index contributed by atoms with van der Waals surface area (Å²) in [7, 11) is -2.94. The number of ether oxygens (including phenoxy) is 1. The lowest BCUT2D eigenvalue weighted by atomic mass is 10.1. The molecule has 1 N–H and O–H groups in total. The van der Waals surface area contributed by atoms with E-state index in [1.54, 1.807) is 0 Å². The molecule has 0 bridgehead atoms. The predicted molar refractivity (Wildman–Crippen MR) is 189 cm³/mol. The first-order valence-electron chi connectivity index (χ1n) is 16.4. The van der Waals surface area contributed by atoms with Crippen LogP contribution in [-0.4, -0.2) is 32.1 Å². The Hall–Kier alpha value is -3.73. The first-order chi connectivity index (χ1) is 21.7. The molecule has 1 unspecified atom stereocenters. The molecule has 45 heavy (non-hydrogen) atoms. The van der Waals surface area contributed by atoms with Crippen LogP contribution >= 0.6 is 0 Å². The van der Waals surface area contributed by atoms with Crippen LogP contribution in [0.4, 0.5) is 0 Å². The highest BCUT2D eigenvalue weighted by Gasteiger charge is 2.51. The van der Waals surface area contributed by atoms with Crippen molar-refractivity contribution in [2.45, 2.75) is 104 Å². The minimum atomic E-state index is -2.94. The second-order valence-electron chi connectivity index (χ2n) is 12.2. The van der Waals surface area contributed by atoms with E-state index in [1.807, 2.05) is 73.7 Å². The average molecular weight is 630 g/mol. The van der Waals surface area contributed by atoms with Crippen molar-refractivity contribution in [3.63, 3.8) is 0 Å². The molecule has 0 aromatic heterocycles. The molecule has 6 nitrogen and oxygen atoms in total. The molecule has 0 aliphatic rings. The van der Waals surface area contributed by atoms with Crippen molar-refractivity contribution >= 4 is 24.7 Å². The van der Waals surface area contributed by atoms with Crippen molar-refractivity contribution in [2.75, 3.05) is 6.61 Å². The summed E-state index contributed by atoms with van der Waals surface area (Å²) in [5.41, 5.74) is 0.237. The second kappa shape index (κ2) is 20.3. The standard InChI is InChI=1S/C38H52N2O4Si/c1-6-8-9-10-13-22-29-35(40-39)36(41)31-32(24-17-12-11-14-23-30-37(42)43-7-2)44-45(38(3,4)5,33-25-18-15-19-26-33)34-27-20-16-21-28-34/h11-13,15-22,24-28,32H,6-10,14,23,29-31H2,1-5H3/p+1/b12-11-,22-13-,24-17+,36-35-. The van der Waals surface area contributed by atoms with E-state index in [1.165, 1.54) is 6.42 Å². The number of hydrogen-bond donors (Lipinski definition) is 1. The van der Waals surface area contributed by atoms with E-state index in [0.29, 0.717) is 25.9 Å². The van der Waals surface area contributed by atoms with Crippen LogP contribution in [0.2, 0.25) is 5.04 Å². The molecule has 2 rings (SSSR count). The molecule has 0 radical (unpaired) electrons. The van der Waals surface area contributed by atoms with Crippen LogP contribution in [0.5, 0.6) is 0 Å². The molecule has 2 aromatic rings. The zero-order valence-corrected chi connectivity index (χ0v) is 29.0. The smallest absolute Gasteiger partial charge is 0.402 e. The fourth-order valence-electron chi connectivity index (χ4n) is 5.38. The van der Waals surface area contributed by atoms with Crippen molar-refractivity contribution in [1.82, 2.24) is 0 Å². The highest BCUT2D eigenvalue weighted by atomic mass is 28.4. The fraction of sp³-hybridized carbons (Fsp3) is 0.447. The monoisotopic (exact) mass is 629 g/mol. The van der Waals surface area contributed by atoms with Gasteiger partial charge >= 0.3 is 11.7 Å². The molecule has 0 spiro atoms. The molecule has 0 heterocycles. The van der Waals surface area contributed by atoms with Crippen molar-refractivity contribution in [1.29, 1.82) is 5.39 Å². The van der Waals surface area contributed by atoms with Gasteiger partial charge in [-0.25, -0.2) is 0 Å². The maximum atomic E-state index is 11.6. The van der Waals surface area contributed by atoms with E-state index in [0.717, 1.165) is 36.1 Å². The Morgan fingerprint density at radius 2 is 1.53 bits per heavy atom. The molecule has 0 amide bonds. The van der Waals surface area contributed by atoms with E-state index in [9.17, 15) is 15.3 Å². The van der Waals surface area contributed by atoms with Crippen molar-refractivity contribution in [3.05, 3.63) is 114 Å². The summed E-state index contributed by atoms with van der Waals surface area (Å²) in [5, 5.41) is 23.1. The van der Waals surface area contributed by atoms with Crippen molar-refractivity contribution < 1.29 is 19.1 Å². The Morgan fingerprint density at radius 3 is 2.09 bits per heavy atom. The number of carbonyl (C=O) groups excluding carboxylic acids is 1. The number of hydrogen-bond acceptors (Lipinski definition) is 5. The number of aliphatic hydroxyl groups excluding tert-OH is 1. The molecule has 0 aliphatic heterocycles. The van der Waals surface area contributed by atoms with Gasteiger partial charge in [0.15, 0.2) is 10.7 Å². The average Bonchev–Trinajstić information content (AvgIpc) is 3.03. The highest BCUT2D eigenvalue weighted by molar-refractivity contribution is 6.99. The van der Waals surface area contributed by atoms with Gasteiger partial charge < -0.3 is 14.3 Å². The number of benzene rings is 2. The number of nitrogens with zero attached hydrogens (tertiary/aromatic N) is 2. The topological polar surface area (TPSA) is 83.9 Å². The Bertz CT molecular complexity index is 1270. The third-order valence-electron chi connectivity index (χ3n) is 7.68. The quantitative estimate of drug-likeness (QED) is 0.0318. The number of rotatable bonds is 19. The molecule has 1 atom stereocenters. The van der Waals surface area contributed by atoms with Crippen LogP contribution in [0.1, 0.15) is 92.4 Å². The fourth-order valence-corrected chi connectivity index (χ4v) is 10.0. The third kappa shape index (κ3) is 12.3. The molecular formula is C38H53N2O4Si+.